The second-order valence-electron chi connectivity index (χ2n) is 6.17. The van der Waals surface area contributed by atoms with Gasteiger partial charge < -0.3 is 15.2 Å². The lowest BCUT2D eigenvalue weighted by molar-refractivity contribution is -0.00344. The monoisotopic (exact) mass is 401 g/mol. The lowest BCUT2D eigenvalue weighted by Crippen LogP contribution is -2.19. The van der Waals surface area contributed by atoms with E-state index in [0.717, 1.165) is 30.4 Å². The standard InChI is InChI=1S/C17H18Cl3N3O2/c1-8(2)24-13-5-3-4-10-14(13)16(20)22-23-17(10)25-15-11(18)6-9(21)7-12(15)19/h6-8,13H,3-5,21H2,1-2H3. The Labute approximate surface area is 161 Å². The second-order valence-corrected chi connectivity index (χ2v) is 7.34. The molecule has 1 aromatic heterocycles. The Hall–Kier alpha value is -1.27. The normalized spacial score (nSPS) is 16.8. The summed E-state index contributed by atoms with van der Waals surface area (Å²) in [6.45, 7) is 3.98. The number of hydrogen-bond donors (Lipinski definition) is 1. The summed E-state index contributed by atoms with van der Waals surface area (Å²) < 4.78 is 11.9. The predicted octanol–water partition coefficient (Wildman–Crippen LogP) is 5.61. The molecule has 1 atom stereocenters. The van der Waals surface area contributed by atoms with E-state index in [1.54, 1.807) is 12.1 Å². The van der Waals surface area contributed by atoms with Gasteiger partial charge in [-0.25, -0.2) is 0 Å². The van der Waals surface area contributed by atoms with Crippen LogP contribution >= 0.6 is 34.8 Å². The SMILES string of the molecule is CC(C)OC1CCCc2c(Oc3c(Cl)cc(N)cc3Cl)nnc(Cl)c21. The highest BCUT2D eigenvalue weighted by atomic mass is 35.5. The number of anilines is 1. The second kappa shape index (κ2) is 7.54. The van der Waals surface area contributed by atoms with Crippen molar-refractivity contribution in [2.45, 2.75) is 45.3 Å². The maximum atomic E-state index is 6.30. The molecule has 1 aliphatic rings. The summed E-state index contributed by atoms with van der Waals surface area (Å²) in [6.07, 6.45) is 2.52. The van der Waals surface area contributed by atoms with E-state index in [2.05, 4.69) is 10.2 Å². The molecule has 1 aromatic carbocycles. The van der Waals surface area contributed by atoms with Gasteiger partial charge in [-0.15, -0.1) is 10.2 Å². The Morgan fingerprint density at radius 3 is 2.48 bits per heavy atom. The number of ether oxygens (including phenoxy) is 2. The highest BCUT2D eigenvalue weighted by Gasteiger charge is 2.29. The molecule has 0 radical (unpaired) electrons. The molecular formula is C17H18Cl3N3O2. The Balaban J connectivity index is 2.02. The molecule has 1 unspecified atom stereocenters. The van der Waals surface area contributed by atoms with Crippen molar-refractivity contribution in [3.8, 4) is 11.6 Å². The third-order valence-electron chi connectivity index (χ3n) is 3.90. The number of hydrogen-bond acceptors (Lipinski definition) is 5. The summed E-state index contributed by atoms with van der Waals surface area (Å²) >= 11 is 18.7. The molecule has 8 heteroatoms. The van der Waals surface area contributed by atoms with Crippen molar-refractivity contribution < 1.29 is 9.47 Å². The fraction of sp³-hybridized carbons (Fsp3) is 0.412. The summed E-state index contributed by atoms with van der Waals surface area (Å²) in [4.78, 5) is 0. The van der Waals surface area contributed by atoms with E-state index in [4.69, 9.17) is 50.0 Å². The van der Waals surface area contributed by atoms with E-state index >= 15 is 0 Å². The smallest absolute Gasteiger partial charge is 0.242 e. The summed E-state index contributed by atoms with van der Waals surface area (Å²) in [5.41, 5.74) is 7.89. The van der Waals surface area contributed by atoms with Gasteiger partial charge >= 0.3 is 0 Å². The van der Waals surface area contributed by atoms with Crippen molar-refractivity contribution in [3.05, 3.63) is 38.5 Å². The molecule has 25 heavy (non-hydrogen) atoms. The van der Waals surface area contributed by atoms with Crippen LogP contribution in [0.3, 0.4) is 0 Å². The molecule has 5 nitrogen and oxygen atoms in total. The number of nitrogens with zero attached hydrogens (tertiary/aromatic N) is 2. The number of benzene rings is 1. The number of rotatable bonds is 4. The van der Waals surface area contributed by atoms with Crippen molar-refractivity contribution in [2.75, 3.05) is 5.73 Å². The number of aromatic nitrogens is 2. The molecule has 0 amide bonds. The predicted molar refractivity (Wildman–Crippen MR) is 99.9 cm³/mol. The van der Waals surface area contributed by atoms with Crippen LogP contribution in [0.1, 0.15) is 43.9 Å². The van der Waals surface area contributed by atoms with Gasteiger partial charge in [0.05, 0.1) is 22.3 Å². The Bertz CT molecular complexity index is 776. The van der Waals surface area contributed by atoms with E-state index in [1.807, 2.05) is 13.8 Å². The van der Waals surface area contributed by atoms with Crippen LogP contribution in [0.5, 0.6) is 11.6 Å². The van der Waals surface area contributed by atoms with Gasteiger partial charge in [0.1, 0.15) is 0 Å². The van der Waals surface area contributed by atoms with Crippen molar-refractivity contribution in [2.24, 2.45) is 0 Å². The molecule has 0 bridgehead atoms. The molecule has 2 aromatic rings. The van der Waals surface area contributed by atoms with Gasteiger partial charge in [0, 0.05) is 16.8 Å². The van der Waals surface area contributed by atoms with E-state index in [-0.39, 0.29) is 12.2 Å². The summed E-state index contributed by atoms with van der Waals surface area (Å²) in [6, 6.07) is 3.15. The van der Waals surface area contributed by atoms with Crippen LogP contribution in [-0.4, -0.2) is 16.3 Å². The number of nitrogens with two attached hydrogens (primary N) is 1. The number of nitrogen functional groups attached to an aromatic ring is 1. The molecule has 2 N–H and O–H groups in total. The van der Waals surface area contributed by atoms with Crippen LogP contribution in [0.15, 0.2) is 12.1 Å². The fourth-order valence-electron chi connectivity index (χ4n) is 2.94. The summed E-state index contributed by atoms with van der Waals surface area (Å²) in [5.74, 6) is 0.633. The molecule has 134 valence electrons. The van der Waals surface area contributed by atoms with E-state index < -0.39 is 0 Å². The van der Waals surface area contributed by atoms with Crippen molar-refractivity contribution in [3.63, 3.8) is 0 Å². The van der Waals surface area contributed by atoms with Gasteiger partial charge in [0.2, 0.25) is 5.88 Å². The van der Waals surface area contributed by atoms with Crippen LogP contribution in [0.4, 0.5) is 5.69 Å². The van der Waals surface area contributed by atoms with Crippen molar-refractivity contribution >= 4 is 40.5 Å². The lowest BCUT2D eigenvalue weighted by atomic mass is 9.91. The van der Waals surface area contributed by atoms with Crippen molar-refractivity contribution in [1.82, 2.24) is 10.2 Å². The lowest BCUT2D eigenvalue weighted by Gasteiger charge is -2.28. The quantitative estimate of drug-likeness (QED) is 0.673. The van der Waals surface area contributed by atoms with Gasteiger partial charge in [-0.2, -0.15) is 0 Å². The zero-order valence-electron chi connectivity index (χ0n) is 13.9. The van der Waals surface area contributed by atoms with Crippen LogP contribution < -0.4 is 10.5 Å². The van der Waals surface area contributed by atoms with E-state index in [0.29, 0.717) is 32.5 Å². The Kier molecular flexibility index (Phi) is 5.58. The largest absolute Gasteiger partial charge is 0.434 e. The number of fused-ring (bicyclic) bond motifs is 1. The fourth-order valence-corrected chi connectivity index (χ4v) is 3.80. The van der Waals surface area contributed by atoms with Crippen LogP contribution in [0.25, 0.3) is 0 Å². The molecule has 0 aliphatic heterocycles. The molecule has 1 aliphatic carbocycles. The first-order valence-electron chi connectivity index (χ1n) is 7.99. The molecular weight excluding hydrogens is 385 g/mol. The Morgan fingerprint density at radius 1 is 1.16 bits per heavy atom. The molecule has 0 saturated carbocycles. The molecule has 0 saturated heterocycles. The third kappa shape index (κ3) is 3.95. The van der Waals surface area contributed by atoms with Crippen LogP contribution in [0.2, 0.25) is 15.2 Å². The van der Waals surface area contributed by atoms with Gasteiger partial charge in [-0.1, -0.05) is 34.8 Å². The van der Waals surface area contributed by atoms with Gasteiger partial charge in [0.25, 0.3) is 0 Å². The zero-order chi connectivity index (χ0) is 18.1. The first-order valence-corrected chi connectivity index (χ1v) is 9.13. The molecule has 1 heterocycles. The minimum Gasteiger partial charge on any atom is -0.434 e. The first kappa shape index (κ1) is 18.5. The summed E-state index contributed by atoms with van der Waals surface area (Å²) in [7, 11) is 0. The maximum absolute atomic E-state index is 6.30. The highest BCUT2D eigenvalue weighted by molar-refractivity contribution is 6.37. The molecule has 0 fully saturated rings. The van der Waals surface area contributed by atoms with Crippen LogP contribution in [-0.2, 0) is 11.2 Å². The van der Waals surface area contributed by atoms with Gasteiger partial charge in [0.15, 0.2) is 10.9 Å². The highest BCUT2D eigenvalue weighted by Crippen LogP contribution is 2.43. The average molecular weight is 403 g/mol. The van der Waals surface area contributed by atoms with Crippen LogP contribution in [0, 0.1) is 0 Å². The van der Waals surface area contributed by atoms with E-state index in [1.165, 1.54) is 0 Å². The number of halogens is 3. The maximum Gasteiger partial charge on any atom is 0.242 e. The van der Waals surface area contributed by atoms with E-state index in [9.17, 15) is 0 Å². The zero-order valence-corrected chi connectivity index (χ0v) is 16.1. The van der Waals surface area contributed by atoms with Crippen molar-refractivity contribution in [1.29, 1.82) is 0 Å². The minimum atomic E-state index is -0.133. The average Bonchev–Trinajstić information content (AvgIpc) is 2.52. The summed E-state index contributed by atoms with van der Waals surface area (Å²) in [5, 5.41) is 9.07. The molecule has 0 spiro atoms. The Morgan fingerprint density at radius 2 is 1.84 bits per heavy atom. The van der Waals surface area contributed by atoms with Gasteiger partial charge in [-0.3, -0.25) is 0 Å². The molecule has 3 rings (SSSR count). The third-order valence-corrected chi connectivity index (χ3v) is 4.75. The first-order chi connectivity index (χ1) is 11.9. The van der Waals surface area contributed by atoms with Gasteiger partial charge in [-0.05, 0) is 45.2 Å². The minimum absolute atomic E-state index is 0.0746. The topological polar surface area (TPSA) is 70.3 Å².